The monoisotopic (exact) mass is 518 g/mol. The number of nitrogens with zero attached hydrogens (tertiary/aromatic N) is 2. The van der Waals surface area contributed by atoms with E-state index in [4.69, 9.17) is 11.6 Å². The van der Waals surface area contributed by atoms with Gasteiger partial charge in [0.1, 0.15) is 0 Å². The van der Waals surface area contributed by atoms with Crippen LogP contribution in [0.1, 0.15) is 30.9 Å². The second-order valence-corrected chi connectivity index (χ2v) is 9.38. The third-order valence-electron chi connectivity index (χ3n) is 5.47. The maximum atomic E-state index is 5.71. The number of H-pyrrole nitrogens is 1. The molecule has 2 aromatic carbocycles. The molecule has 0 spiro atoms. The Labute approximate surface area is 226 Å². The van der Waals surface area contributed by atoms with Crippen molar-refractivity contribution in [2.45, 2.75) is 32.6 Å². The first-order valence-corrected chi connectivity index (χ1v) is 13.6. The standard InChI is InChI=1S/C14H17N5S.C10H12.C6H13N/c1-19(16)14-18-13(8-20-14)9-2-3-12-11(6-9)10(4-5-15)7-17-12;1-2-3-7-10-8-5-4-6-9-10;1-3-5-7-6-4-2/h2-3,6-8,17H,4-5,15-16H2,1H3;2,4-6,8-9H,1,3,7H2;3,7H,1,4-6H2,2H3. The summed E-state index contributed by atoms with van der Waals surface area (Å²) in [6.45, 7) is 12.1. The van der Waals surface area contributed by atoms with Gasteiger partial charge in [0, 0.05) is 41.6 Å². The second-order valence-electron chi connectivity index (χ2n) is 8.54. The molecular formula is C30H42N6S. The zero-order valence-electron chi connectivity index (χ0n) is 22.2. The molecule has 0 saturated heterocycles. The van der Waals surface area contributed by atoms with E-state index in [1.165, 1.54) is 39.3 Å². The van der Waals surface area contributed by atoms with Gasteiger partial charge in [0.2, 0.25) is 0 Å². The Bertz CT molecular complexity index is 1180. The molecule has 2 aromatic heterocycles. The van der Waals surface area contributed by atoms with Crippen molar-refractivity contribution in [2.24, 2.45) is 11.6 Å². The molecule has 0 saturated carbocycles. The maximum Gasteiger partial charge on any atom is 0.199 e. The molecule has 0 amide bonds. The summed E-state index contributed by atoms with van der Waals surface area (Å²) < 4.78 is 0. The van der Waals surface area contributed by atoms with Crippen molar-refractivity contribution < 1.29 is 0 Å². The zero-order valence-corrected chi connectivity index (χ0v) is 23.1. The summed E-state index contributed by atoms with van der Waals surface area (Å²) in [4.78, 5) is 7.80. The minimum absolute atomic E-state index is 0.649. The first-order chi connectivity index (χ1) is 18.0. The molecule has 0 aliphatic carbocycles. The lowest BCUT2D eigenvalue weighted by Crippen LogP contribution is -2.24. The number of aromatic nitrogens is 2. The fourth-order valence-corrected chi connectivity index (χ4v) is 4.28. The molecule has 0 atom stereocenters. The average molecular weight is 519 g/mol. The number of fused-ring (bicyclic) bond motifs is 1. The number of anilines is 1. The highest BCUT2D eigenvalue weighted by atomic mass is 32.1. The average Bonchev–Trinajstić information content (AvgIpc) is 3.57. The fraction of sp³-hybridized carbons (Fsp3) is 0.300. The molecule has 7 heteroatoms. The number of rotatable bonds is 11. The molecule has 0 unspecified atom stereocenters. The first kappa shape index (κ1) is 30.0. The number of benzene rings is 2. The van der Waals surface area contributed by atoms with Crippen LogP contribution in [0, 0.1) is 0 Å². The van der Waals surface area contributed by atoms with Crippen LogP contribution in [0.15, 0.2) is 85.4 Å². The van der Waals surface area contributed by atoms with Crippen molar-refractivity contribution in [1.82, 2.24) is 15.3 Å². The van der Waals surface area contributed by atoms with E-state index in [9.17, 15) is 0 Å². The summed E-state index contributed by atoms with van der Waals surface area (Å²) in [5.74, 6) is 5.71. The Hall–Kier alpha value is -3.23. The molecule has 37 heavy (non-hydrogen) atoms. The summed E-state index contributed by atoms with van der Waals surface area (Å²) >= 11 is 1.54. The van der Waals surface area contributed by atoms with Crippen LogP contribution >= 0.6 is 11.3 Å². The van der Waals surface area contributed by atoms with E-state index in [1.807, 2.05) is 29.8 Å². The van der Waals surface area contributed by atoms with E-state index in [0.29, 0.717) is 6.54 Å². The van der Waals surface area contributed by atoms with E-state index in [2.05, 4.69) is 77.8 Å². The van der Waals surface area contributed by atoms with Crippen LogP contribution in [0.3, 0.4) is 0 Å². The molecule has 0 bridgehead atoms. The smallest absolute Gasteiger partial charge is 0.199 e. The van der Waals surface area contributed by atoms with E-state index in [-0.39, 0.29) is 0 Å². The van der Waals surface area contributed by atoms with E-state index in [1.54, 1.807) is 7.05 Å². The lowest BCUT2D eigenvalue weighted by Gasteiger charge is -2.05. The Kier molecular flexibility index (Phi) is 14.0. The molecule has 6 nitrogen and oxygen atoms in total. The third-order valence-corrected chi connectivity index (χ3v) is 6.40. The van der Waals surface area contributed by atoms with Crippen LogP contribution in [-0.4, -0.2) is 36.6 Å². The summed E-state index contributed by atoms with van der Waals surface area (Å²) in [7, 11) is 1.79. The zero-order chi connectivity index (χ0) is 26.9. The Balaban J connectivity index is 0.000000236. The lowest BCUT2D eigenvalue weighted by atomic mass is 10.1. The van der Waals surface area contributed by atoms with Crippen LogP contribution in [0.4, 0.5) is 5.13 Å². The van der Waals surface area contributed by atoms with Gasteiger partial charge in [-0.05, 0) is 62.0 Å². The van der Waals surface area contributed by atoms with Gasteiger partial charge in [-0.3, -0.25) is 5.01 Å². The van der Waals surface area contributed by atoms with Crippen molar-refractivity contribution >= 4 is 27.4 Å². The quantitative estimate of drug-likeness (QED) is 0.0835. The van der Waals surface area contributed by atoms with Gasteiger partial charge < -0.3 is 16.0 Å². The van der Waals surface area contributed by atoms with Crippen LogP contribution in [-0.2, 0) is 12.8 Å². The van der Waals surface area contributed by atoms with E-state index < -0.39 is 0 Å². The molecule has 4 aromatic rings. The highest BCUT2D eigenvalue weighted by Crippen LogP contribution is 2.29. The van der Waals surface area contributed by atoms with Crippen LogP contribution in [0.2, 0.25) is 0 Å². The molecule has 4 rings (SSSR count). The van der Waals surface area contributed by atoms with Crippen molar-refractivity contribution in [3.63, 3.8) is 0 Å². The molecule has 0 fully saturated rings. The van der Waals surface area contributed by atoms with Crippen molar-refractivity contribution in [3.05, 3.63) is 96.5 Å². The molecule has 0 aliphatic rings. The second kappa shape index (κ2) is 17.3. The topological polar surface area (TPSA) is 96.0 Å². The molecule has 198 valence electrons. The molecule has 2 heterocycles. The first-order valence-electron chi connectivity index (χ1n) is 12.7. The van der Waals surface area contributed by atoms with Gasteiger partial charge >= 0.3 is 0 Å². The number of hydrogen-bond acceptors (Lipinski definition) is 6. The number of aromatic amines is 1. The highest BCUT2D eigenvalue weighted by Gasteiger charge is 2.09. The number of hydrogen-bond donors (Lipinski definition) is 4. The van der Waals surface area contributed by atoms with Gasteiger partial charge in [0.25, 0.3) is 0 Å². The number of nitrogens with two attached hydrogens (primary N) is 2. The number of hydrazine groups is 1. The summed E-state index contributed by atoms with van der Waals surface area (Å²) in [5, 5.41) is 8.73. The maximum absolute atomic E-state index is 5.71. The molecule has 0 radical (unpaired) electrons. The van der Waals surface area contributed by atoms with Crippen molar-refractivity contribution in [3.8, 4) is 11.3 Å². The lowest BCUT2D eigenvalue weighted by molar-refractivity contribution is 0.730. The predicted octanol–water partition coefficient (Wildman–Crippen LogP) is 6.08. The fourth-order valence-electron chi connectivity index (χ4n) is 3.55. The Morgan fingerprint density at radius 3 is 2.51 bits per heavy atom. The number of aryl methyl sites for hydroxylation is 1. The van der Waals surface area contributed by atoms with Gasteiger partial charge in [-0.1, -0.05) is 55.5 Å². The van der Waals surface area contributed by atoms with Crippen molar-refractivity contribution in [1.29, 1.82) is 0 Å². The predicted molar refractivity (Wildman–Crippen MR) is 163 cm³/mol. The van der Waals surface area contributed by atoms with Crippen LogP contribution in [0.5, 0.6) is 0 Å². The largest absolute Gasteiger partial charge is 0.361 e. The summed E-state index contributed by atoms with van der Waals surface area (Å²) in [5.41, 5.74) is 11.5. The summed E-state index contributed by atoms with van der Waals surface area (Å²) in [6.07, 6.45) is 10.1. The Morgan fingerprint density at radius 2 is 1.89 bits per heavy atom. The molecular weight excluding hydrogens is 476 g/mol. The minimum Gasteiger partial charge on any atom is -0.361 e. The number of nitrogens with one attached hydrogen (secondary N) is 2. The minimum atomic E-state index is 0.649. The Morgan fingerprint density at radius 1 is 1.11 bits per heavy atom. The molecule has 6 N–H and O–H groups in total. The van der Waals surface area contributed by atoms with Crippen molar-refractivity contribution in [2.75, 3.05) is 31.7 Å². The SMILES string of the molecule is C=CCCc1ccccc1.C=CCNCCC.CN(N)c1nc(-c2ccc3[nH]cc(CCN)c3c2)cs1. The highest BCUT2D eigenvalue weighted by molar-refractivity contribution is 7.14. The van der Waals surface area contributed by atoms with Gasteiger partial charge in [-0.25, -0.2) is 10.8 Å². The normalized spacial score (nSPS) is 10.2. The van der Waals surface area contributed by atoms with Gasteiger partial charge in [0.05, 0.1) is 5.69 Å². The van der Waals surface area contributed by atoms with Crippen LogP contribution in [0.25, 0.3) is 22.2 Å². The number of thiazole rings is 1. The third kappa shape index (κ3) is 10.3. The van der Waals surface area contributed by atoms with E-state index in [0.717, 1.165) is 54.3 Å². The van der Waals surface area contributed by atoms with Gasteiger partial charge in [0.15, 0.2) is 5.13 Å². The summed E-state index contributed by atoms with van der Waals surface area (Å²) in [6, 6.07) is 16.8. The van der Waals surface area contributed by atoms with Gasteiger partial charge in [-0.15, -0.1) is 24.5 Å². The molecule has 0 aliphatic heterocycles. The van der Waals surface area contributed by atoms with Gasteiger partial charge in [-0.2, -0.15) is 0 Å². The van der Waals surface area contributed by atoms with E-state index >= 15 is 0 Å². The van der Waals surface area contributed by atoms with Crippen LogP contribution < -0.4 is 21.9 Å². The number of allylic oxidation sites excluding steroid dienone is 1.